The molecule has 32 heavy (non-hydrogen) atoms. The highest BCUT2D eigenvalue weighted by Crippen LogP contribution is 2.42. The van der Waals surface area contributed by atoms with Crippen molar-refractivity contribution in [3.63, 3.8) is 0 Å². The molecule has 2 heterocycles. The van der Waals surface area contributed by atoms with Gasteiger partial charge in [-0.1, -0.05) is 6.07 Å². The average Bonchev–Trinajstić information content (AvgIpc) is 2.79. The van der Waals surface area contributed by atoms with Gasteiger partial charge in [0.25, 0.3) is 0 Å². The van der Waals surface area contributed by atoms with Crippen molar-refractivity contribution in [1.29, 1.82) is 5.26 Å². The van der Waals surface area contributed by atoms with Gasteiger partial charge in [-0.05, 0) is 85.5 Å². The summed E-state index contributed by atoms with van der Waals surface area (Å²) in [6.07, 6.45) is 5.94. The number of aliphatic hydroxyl groups is 1. The van der Waals surface area contributed by atoms with E-state index in [0.717, 1.165) is 74.1 Å². The zero-order valence-electron chi connectivity index (χ0n) is 18.3. The number of benzene rings is 2. The third kappa shape index (κ3) is 3.81. The van der Waals surface area contributed by atoms with Crippen molar-refractivity contribution >= 4 is 9.84 Å². The first-order valence-corrected chi connectivity index (χ1v) is 13.1. The highest BCUT2D eigenvalue weighted by molar-refractivity contribution is 7.90. The second kappa shape index (κ2) is 7.87. The third-order valence-electron chi connectivity index (χ3n) is 7.48. The number of nitrogens with zero attached hydrogens (tertiary/aromatic N) is 2. The van der Waals surface area contributed by atoms with Crippen LogP contribution in [0.25, 0.3) is 0 Å². The minimum Gasteiger partial charge on any atom is -0.487 e. The molecule has 5 rings (SSSR count). The van der Waals surface area contributed by atoms with Gasteiger partial charge in [0.05, 0.1) is 22.6 Å². The summed E-state index contributed by atoms with van der Waals surface area (Å²) in [5.41, 5.74) is 3.44. The molecular weight excluding hydrogens is 424 g/mol. The summed E-state index contributed by atoms with van der Waals surface area (Å²) >= 11 is 0. The van der Waals surface area contributed by atoms with Crippen LogP contribution in [0.5, 0.6) is 5.75 Å². The van der Waals surface area contributed by atoms with Gasteiger partial charge in [0.15, 0.2) is 9.84 Å². The predicted octanol–water partition coefficient (Wildman–Crippen LogP) is 3.17. The summed E-state index contributed by atoms with van der Waals surface area (Å²) in [4.78, 5) is 2.74. The maximum Gasteiger partial charge on any atom is 0.175 e. The summed E-state index contributed by atoms with van der Waals surface area (Å²) in [6, 6.07) is 13.1. The first kappa shape index (κ1) is 21.4. The second-order valence-electron chi connectivity index (χ2n) is 9.44. The molecule has 6 nitrogen and oxygen atoms in total. The molecule has 1 aliphatic carbocycles. The van der Waals surface area contributed by atoms with Crippen LogP contribution >= 0.6 is 0 Å². The van der Waals surface area contributed by atoms with Crippen molar-refractivity contribution in [3.8, 4) is 11.8 Å². The number of likely N-dealkylation sites (tertiary alicyclic amines) is 1. The van der Waals surface area contributed by atoms with E-state index in [2.05, 4.69) is 11.0 Å². The highest BCUT2D eigenvalue weighted by Gasteiger charge is 2.42. The molecule has 3 aliphatic rings. The van der Waals surface area contributed by atoms with Crippen LogP contribution in [0.4, 0.5) is 0 Å². The zero-order valence-corrected chi connectivity index (χ0v) is 19.1. The molecule has 0 saturated carbocycles. The fourth-order valence-corrected chi connectivity index (χ4v) is 6.25. The topological polar surface area (TPSA) is 90.6 Å². The molecule has 0 aromatic heterocycles. The number of fused-ring (bicyclic) bond motifs is 2. The molecule has 2 aliphatic heterocycles. The van der Waals surface area contributed by atoms with E-state index in [1.54, 1.807) is 24.3 Å². The number of sulfone groups is 1. The largest absolute Gasteiger partial charge is 0.487 e. The Labute approximate surface area is 189 Å². The Balaban J connectivity index is 1.27. The molecule has 2 atom stereocenters. The number of aliphatic hydroxyl groups excluding tert-OH is 1. The smallest absolute Gasteiger partial charge is 0.175 e. The highest BCUT2D eigenvalue weighted by atomic mass is 32.2. The Bertz CT molecular complexity index is 1190. The standard InChI is InChI=1S/C25H28N2O4S/c1-32(29,30)20-4-7-23-19(15-20)8-9-25(31-23)10-12-27(13-11-25)22-6-3-18-14-17(16-26)2-5-21(18)24(22)28/h2,4-5,7,14-15,22,24,28H,3,6,8-13H2,1H3/t22-,24-/m1/s1. The predicted molar refractivity (Wildman–Crippen MR) is 120 cm³/mol. The van der Waals surface area contributed by atoms with Crippen LogP contribution in [0, 0.1) is 11.3 Å². The molecule has 0 amide bonds. The molecule has 0 unspecified atom stereocenters. The van der Waals surface area contributed by atoms with Gasteiger partial charge < -0.3 is 9.84 Å². The van der Waals surface area contributed by atoms with Gasteiger partial charge in [-0.25, -0.2) is 8.42 Å². The summed E-state index contributed by atoms with van der Waals surface area (Å²) in [6.45, 7) is 1.73. The fraction of sp³-hybridized carbons (Fsp3) is 0.480. The van der Waals surface area contributed by atoms with E-state index in [1.807, 2.05) is 12.1 Å². The number of hydrogen-bond acceptors (Lipinski definition) is 6. The lowest BCUT2D eigenvalue weighted by Crippen LogP contribution is -2.54. The van der Waals surface area contributed by atoms with Crippen LogP contribution < -0.4 is 4.74 Å². The van der Waals surface area contributed by atoms with E-state index in [1.165, 1.54) is 6.26 Å². The molecule has 2 aromatic carbocycles. The van der Waals surface area contributed by atoms with Gasteiger partial charge in [-0.15, -0.1) is 0 Å². The molecule has 168 valence electrons. The van der Waals surface area contributed by atoms with Crippen LogP contribution in [-0.4, -0.2) is 49.4 Å². The number of aryl methyl sites for hydroxylation is 2. The van der Waals surface area contributed by atoms with Crippen LogP contribution in [0.3, 0.4) is 0 Å². The van der Waals surface area contributed by atoms with Crippen LogP contribution in [0.1, 0.15) is 54.0 Å². The van der Waals surface area contributed by atoms with E-state index < -0.39 is 15.9 Å². The van der Waals surface area contributed by atoms with Crippen molar-refractivity contribution in [2.24, 2.45) is 0 Å². The van der Waals surface area contributed by atoms with Crippen molar-refractivity contribution < 1.29 is 18.3 Å². The first-order chi connectivity index (χ1) is 15.3. The second-order valence-corrected chi connectivity index (χ2v) is 11.5. The van der Waals surface area contributed by atoms with Crippen molar-refractivity contribution in [1.82, 2.24) is 4.90 Å². The van der Waals surface area contributed by atoms with Crippen molar-refractivity contribution in [2.45, 2.75) is 61.2 Å². The summed E-state index contributed by atoms with van der Waals surface area (Å²) in [5, 5.41) is 20.2. The summed E-state index contributed by atoms with van der Waals surface area (Å²) in [5.74, 6) is 0.803. The lowest BCUT2D eigenvalue weighted by Gasteiger charge is -2.48. The Morgan fingerprint density at radius 3 is 2.59 bits per heavy atom. The molecule has 7 heteroatoms. The van der Waals surface area contributed by atoms with E-state index in [9.17, 15) is 13.5 Å². The summed E-state index contributed by atoms with van der Waals surface area (Å²) in [7, 11) is -3.22. The van der Waals surface area contributed by atoms with Gasteiger partial charge in [0, 0.05) is 25.4 Å². The Hall–Kier alpha value is -2.40. The molecule has 1 fully saturated rings. The van der Waals surface area contributed by atoms with E-state index >= 15 is 0 Å². The lowest BCUT2D eigenvalue weighted by atomic mass is 9.80. The SMILES string of the molecule is CS(=O)(=O)c1ccc2c(c1)CCC1(CCN([C@@H]3CCc4cc(C#N)ccc4[C@H]3O)CC1)O2. The van der Waals surface area contributed by atoms with Crippen molar-refractivity contribution in [3.05, 3.63) is 58.7 Å². The van der Waals surface area contributed by atoms with Crippen molar-refractivity contribution in [2.75, 3.05) is 19.3 Å². The molecule has 1 N–H and O–H groups in total. The molecule has 0 radical (unpaired) electrons. The molecular formula is C25H28N2O4S. The van der Waals surface area contributed by atoms with E-state index in [4.69, 9.17) is 10.00 Å². The number of nitriles is 1. The Morgan fingerprint density at radius 2 is 1.88 bits per heavy atom. The van der Waals surface area contributed by atoms with E-state index in [-0.39, 0.29) is 11.6 Å². The monoisotopic (exact) mass is 452 g/mol. The van der Waals surface area contributed by atoms with Gasteiger partial charge in [0.2, 0.25) is 0 Å². The average molecular weight is 453 g/mol. The van der Waals surface area contributed by atoms with Gasteiger partial charge in [-0.2, -0.15) is 5.26 Å². The number of rotatable bonds is 2. The minimum absolute atomic E-state index is 0.0842. The van der Waals surface area contributed by atoms with Gasteiger partial charge in [-0.3, -0.25) is 4.90 Å². The summed E-state index contributed by atoms with van der Waals surface area (Å²) < 4.78 is 30.2. The van der Waals surface area contributed by atoms with Crippen LogP contribution in [0.15, 0.2) is 41.3 Å². The molecule has 1 spiro atoms. The number of piperidine rings is 1. The van der Waals surface area contributed by atoms with Crippen LogP contribution in [-0.2, 0) is 22.7 Å². The molecule has 2 aromatic rings. The zero-order chi connectivity index (χ0) is 22.5. The fourth-order valence-electron chi connectivity index (χ4n) is 5.57. The maximum absolute atomic E-state index is 11.9. The normalized spacial score (nSPS) is 24.8. The lowest BCUT2D eigenvalue weighted by molar-refractivity contribution is -0.0479. The first-order valence-electron chi connectivity index (χ1n) is 11.3. The van der Waals surface area contributed by atoms with Crippen LogP contribution in [0.2, 0.25) is 0 Å². The molecule has 0 bridgehead atoms. The minimum atomic E-state index is -3.22. The Kier molecular flexibility index (Phi) is 5.28. The van der Waals surface area contributed by atoms with E-state index in [0.29, 0.717) is 10.5 Å². The quantitative estimate of drug-likeness (QED) is 0.753. The van der Waals surface area contributed by atoms with Gasteiger partial charge in [0.1, 0.15) is 11.4 Å². The maximum atomic E-state index is 11.9. The Morgan fingerprint density at radius 1 is 1.09 bits per heavy atom. The van der Waals surface area contributed by atoms with Gasteiger partial charge >= 0.3 is 0 Å². The third-order valence-corrected chi connectivity index (χ3v) is 8.59. The molecule has 1 saturated heterocycles. The number of hydrogen-bond donors (Lipinski definition) is 1. The number of ether oxygens (including phenoxy) is 1.